The number of benzene rings is 3. The van der Waals surface area contributed by atoms with Crippen LogP contribution in [0.1, 0.15) is 11.1 Å². The van der Waals surface area contributed by atoms with E-state index in [4.69, 9.17) is 5.73 Å². The van der Waals surface area contributed by atoms with Crippen LogP contribution in [0.2, 0.25) is 0 Å². The molecule has 4 N–H and O–H groups in total. The van der Waals surface area contributed by atoms with Gasteiger partial charge in [0, 0.05) is 30.4 Å². The lowest BCUT2D eigenvalue weighted by Gasteiger charge is -2.07. The van der Waals surface area contributed by atoms with E-state index in [0.717, 1.165) is 16.8 Å². The van der Waals surface area contributed by atoms with E-state index in [1.165, 1.54) is 18.2 Å². The second-order valence-corrected chi connectivity index (χ2v) is 6.31. The maximum Gasteiger partial charge on any atom is 0.269 e. The third kappa shape index (κ3) is 5.67. The van der Waals surface area contributed by atoms with Gasteiger partial charge < -0.3 is 16.4 Å². The van der Waals surface area contributed by atoms with Crippen molar-refractivity contribution in [1.82, 2.24) is 0 Å². The van der Waals surface area contributed by atoms with Gasteiger partial charge in [-0.05, 0) is 41.5 Å². The van der Waals surface area contributed by atoms with Crippen molar-refractivity contribution < 1.29 is 9.72 Å². The lowest BCUT2D eigenvalue weighted by molar-refractivity contribution is -0.384. The number of carbonyl (C=O) groups excluding carboxylic acids is 1. The van der Waals surface area contributed by atoms with Gasteiger partial charge in [-0.15, -0.1) is 0 Å². The molecule has 0 saturated heterocycles. The Kier molecular flexibility index (Phi) is 6.22. The molecule has 0 fully saturated rings. The van der Waals surface area contributed by atoms with Crippen LogP contribution in [0, 0.1) is 10.1 Å². The molecule has 0 radical (unpaired) electrons. The second-order valence-electron chi connectivity index (χ2n) is 6.31. The molecule has 0 aliphatic heterocycles. The molecule has 3 rings (SSSR count). The van der Waals surface area contributed by atoms with E-state index < -0.39 is 4.92 Å². The Balaban J connectivity index is 1.53. The number of nitrogens with two attached hydrogens (primary N) is 1. The first-order valence-corrected chi connectivity index (χ1v) is 8.92. The monoisotopic (exact) mass is 388 g/mol. The summed E-state index contributed by atoms with van der Waals surface area (Å²) in [6.45, 7) is 0.579. The molecule has 0 spiro atoms. The highest BCUT2D eigenvalue weighted by Gasteiger charge is 2.04. The highest BCUT2D eigenvalue weighted by Crippen LogP contribution is 2.18. The van der Waals surface area contributed by atoms with Crippen LogP contribution in [-0.4, -0.2) is 10.8 Å². The van der Waals surface area contributed by atoms with Gasteiger partial charge in [0.25, 0.3) is 5.69 Å². The van der Waals surface area contributed by atoms with Crippen molar-refractivity contribution in [3.8, 4) is 0 Å². The highest BCUT2D eigenvalue weighted by atomic mass is 16.6. The molecule has 0 heterocycles. The number of anilines is 3. The van der Waals surface area contributed by atoms with Crippen molar-refractivity contribution in [3.63, 3.8) is 0 Å². The fourth-order valence-electron chi connectivity index (χ4n) is 2.61. The van der Waals surface area contributed by atoms with Gasteiger partial charge in [0.2, 0.25) is 5.91 Å². The molecule has 7 heteroatoms. The van der Waals surface area contributed by atoms with Crippen LogP contribution in [0.15, 0.2) is 78.9 Å². The molecule has 3 aromatic rings. The van der Waals surface area contributed by atoms with E-state index in [1.54, 1.807) is 42.5 Å². The van der Waals surface area contributed by atoms with E-state index in [2.05, 4.69) is 10.6 Å². The molecule has 29 heavy (non-hydrogen) atoms. The predicted octanol–water partition coefficient (Wildman–Crippen LogP) is 4.44. The van der Waals surface area contributed by atoms with E-state index in [9.17, 15) is 14.9 Å². The highest BCUT2D eigenvalue weighted by molar-refractivity contribution is 6.03. The number of nitrogens with zero attached hydrogens (tertiary/aromatic N) is 1. The Bertz CT molecular complexity index is 1030. The summed E-state index contributed by atoms with van der Waals surface area (Å²) in [6.07, 6.45) is 3.18. The molecule has 0 bridgehead atoms. The minimum Gasteiger partial charge on any atom is -0.397 e. The summed E-state index contributed by atoms with van der Waals surface area (Å²) in [4.78, 5) is 22.3. The van der Waals surface area contributed by atoms with E-state index in [-0.39, 0.29) is 11.6 Å². The normalized spacial score (nSPS) is 10.6. The zero-order valence-corrected chi connectivity index (χ0v) is 15.5. The fourth-order valence-corrected chi connectivity index (χ4v) is 2.61. The summed E-state index contributed by atoms with van der Waals surface area (Å²) in [5.74, 6) is -0.258. The first-order chi connectivity index (χ1) is 14.0. The Hall–Kier alpha value is -4.13. The molecule has 3 aromatic carbocycles. The average Bonchev–Trinajstić information content (AvgIpc) is 2.73. The van der Waals surface area contributed by atoms with Crippen molar-refractivity contribution in [2.45, 2.75) is 6.54 Å². The van der Waals surface area contributed by atoms with Gasteiger partial charge in [-0.3, -0.25) is 14.9 Å². The minimum atomic E-state index is -0.426. The average molecular weight is 388 g/mol. The molecule has 0 saturated carbocycles. The number of nitrogen functional groups attached to an aromatic ring is 1. The molecule has 0 unspecified atom stereocenters. The predicted molar refractivity (Wildman–Crippen MR) is 115 cm³/mol. The van der Waals surface area contributed by atoms with Crippen LogP contribution in [0.4, 0.5) is 22.7 Å². The molecule has 7 nitrogen and oxygen atoms in total. The molecule has 146 valence electrons. The van der Waals surface area contributed by atoms with Crippen LogP contribution < -0.4 is 16.4 Å². The first-order valence-electron chi connectivity index (χ1n) is 8.92. The Morgan fingerprint density at radius 2 is 1.69 bits per heavy atom. The van der Waals surface area contributed by atoms with Gasteiger partial charge in [-0.25, -0.2) is 0 Å². The maximum absolute atomic E-state index is 12.0. The number of amides is 1. The molecule has 0 aliphatic carbocycles. The van der Waals surface area contributed by atoms with Crippen LogP contribution in [0.5, 0.6) is 0 Å². The second kappa shape index (κ2) is 9.18. The molecule has 0 aromatic heterocycles. The molecule has 0 atom stereocenters. The lowest BCUT2D eigenvalue weighted by Crippen LogP contribution is -2.09. The van der Waals surface area contributed by atoms with Gasteiger partial charge in [-0.1, -0.05) is 36.4 Å². The zero-order chi connectivity index (χ0) is 20.6. The SMILES string of the molecule is Nc1ccccc1NC(=O)C=Cc1ccc(CNc2ccc([N+](=O)[O-])cc2)cc1. The number of para-hydroxylation sites is 2. The summed E-state index contributed by atoms with van der Waals surface area (Å²) in [5.41, 5.74) is 9.70. The maximum atomic E-state index is 12.0. The van der Waals surface area contributed by atoms with Crippen LogP contribution >= 0.6 is 0 Å². The van der Waals surface area contributed by atoms with E-state index in [1.807, 2.05) is 24.3 Å². The molecular weight excluding hydrogens is 368 g/mol. The van der Waals surface area contributed by atoms with E-state index in [0.29, 0.717) is 17.9 Å². The zero-order valence-electron chi connectivity index (χ0n) is 15.5. The largest absolute Gasteiger partial charge is 0.397 e. The van der Waals surface area contributed by atoms with Crippen LogP contribution in [-0.2, 0) is 11.3 Å². The van der Waals surface area contributed by atoms with Gasteiger partial charge in [0.1, 0.15) is 0 Å². The molecular formula is C22H20N4O3. The Labute approximate surface area is 168 Å². The van der Waals surface area contributed by atoms with E-state index >= 15 is 0 Å². The molecule has 0 aliphatic rings. The van der Waals surface area contributed by atoms with Gasteiger partial charge >= 0.3 is 0 Å². The van der Waals surface area contributed by atoms with Gasteiger partial charge in [0.05, 0.1) is 16.3 Å². The quantitative estimate of drug-likeness (QED) is 0.240. The number of non-ortho nitro benzene ring substituents is 1. The third-order valence-corrected chi connectivity index (χ3v) is 4.20. The number of nitro benzene ring substituents is 1. The number of rotatable bonds is 7. The summed E-state index contributed by atoms with van der Waals surface area (Å²) in [7, 11) is 0. The Morgan fingerprint density at radius 1 is 1.00 bits per heavy atom. The lowest BCUT2D eigenvalue weighted by atomic mass is 10.1. The van der Waals surface area contributed by atoms with Gasteiger partial charge in [-0.2, -0.15) is 0 Å². The summed E-state index contributed by atoms with van der Waals surface area (Å²) >= 11 is 0. The molecule has 1 amide bonds. The topological polar surface area (TPSA) is 110 Å². The summed E-state index contributed by atoms with van der Waals surface area (Å²) in [6, 6.07) is 21.1. The van der Waals surface area contributed by atoms with Crippen LogP contribution in [0.25, 0.3) is 6.08 Å². The van der Waals surface area contributed by atoms with Crippen LogP contribution in [0.3, 0.4) is 0 Å². The third-order valence-electron chi connectivity index (χ3n) is 4.20. The van der Waals surface area contributed by atoms with Gasteiger partial charge in [0.15, 0.2) is 0 Å². The fraction of sp³-hybridized carbons (Fsp3) is 0.0455. The van der Waals surface area contributed by atoms with Crippen molar-refractivity contribution in [2.75, 3.05) is 16.4 Å². The number of hydrogen-bond acceptors (Lipinski definition) is 5. The summed E-state index contributed by atoms with van der Waals surface area (Å²) < 4.78 is 0. The number of nitrogens with one attached hydrogen (secondary N) is 2. The number of hydrogen-bond donors (Lipinski definition) is 3. The number of carbonyl (C=O) groups is 1. The first kappa shape index (κ1) is 19.6. The minimum absolute atomic E-state index is 0.0608. The smallest absolute Gasteiger partial charge is 0.269 e. The van der Waals surface area contributed by atoms with Crippen molar-refractivity contribution >= 4 is 34.7 Å². The van der Waals surface area contributed by atoms with Crippen molar-refractivity contribution in [2.24, 2.45) is 0 Å². The summed E-state index contributed by atoms with van der Waals surface area (Å²) in [5, 5.41) is 16.6. The Morgan fingerprint density at radius 3 is 2.34 bits per heavy atom. The van der Waals surface area contributed by atoms with Crippen molar-refractivity contribution in [3.05, 3.63) is 100 Å². The number of nitro groups is 1. The van der Waals surface area contributed by atoms with Crippen molar-refractivity contribution in [1.29, 1.82) is 0 Å². The standard InChI is InChI=1S/C22H20N4O3/c23-20-3-1-2-4-21(20)25-22(27)14-9-16-5-7-17(8-6-16)15-24-18-10-12-19(13-11-18)26(28)29/h1-14,24H,15,23H2,(H,25,27).